The molecule has 2 fully saturated rings. The van der Waals surface area contributed by atoms with Crippen molar-refractivity contribution in [2.75, 3.05) is 20.2 Å². The maximum absolute atomic E-state index is 13.2. The van der Waals surface area contributed by atoms with Gasteiger partial charge in [-0.3, -0.25) is 9.78 Å². The monoisotopic (exact) mass is 432 g/mol. The number of hydrogen-bond donors (Lipinski definition) is 0. The molecule has 0 bridgehead atoms. The Labute approximate surface area is 187 Å². The highest BCUT2D eigenvalue weighted by molar-refractivity contribution is 5.79. The maximum atomic E-state index is 13.2. The first-order valence-electron chi connectivity index (χ1n) is 11.3. The number of ether oxygens (including phenoxy) is 1. The molecule has 0 N–H and O–H groups in total. The summed E-state index contributed by atoms with van der Waals surface area (Å²) >= 11 is 0. The Morgan fingerprint density at radius 1 is 1.19 bits per heavy atom. The molecule has 1 aliphatic heterocycles. The molecule has 7 heteroatoms. The fourth-order valence-corrected chi connectivity index (χ4v) is 4.74. The van der Waals surface area contributed by atoms with Crippen LogP contribution in [0.4, 0.5) is 0 Å². The number of hydrogen-bond acceptors (Lipinski definition) is 6. The third-order valence-electron chi connectivity index (χ3n) is 6.65. The van der Waals surface area contributed by atoms with Crippen molar-refractivity contribution in [1.29, 1.82) is 0 Å². The molecule has 3 aromatic rings. The molecule has 1 aromatic carbocycles. The lowest BCUT2D eigenvalue weighted by Gasteiger charge is -2.41. The van der Waals surface area contributed by atoms with Gasteiger partial charge in [0, 0.05) is 31.0 Å². The van der Waals surface area contributed by atoms with Crippen molar-refractivity contribution in [2.24, 2.45) is 5.92 Å². The Morgan fingerprint density at radius 3 is 2.69 bits per heavy atom. The standard InChI is InChI=1S/C25H28N4O3/c1-31-21-7-5-18(6-8-21)15-22(30)29-14-2-11-25(17-29,16-19-3-4-19)24-27-23(32-28-24)20-9-12-26-13-10-20/h5-10,12-13,19H,2-4,11,14-17H2,1H3. The normalized spacial score (nSPS) is 20.8. The number of carbonyl (C=O) groups is 1. The van der Waals surface area contributed by atoms with Gasteiger partial charge in [0.15, 0.2) is 5.82 Å². The lowest BCUT2D eigenvalue weighted by molar-refractivity contribution is -0.133. The third kappa shape index (κ3) is 4.38. The zero-order valence-corrected chi connectivity index (χ0v) is 18.4. The second kappa shape index (κ2) is 8.73. The van der Waals surface area contributed by atoms with Crippen molar-refractivity contribution in [2.45, 2.75) is 43.9 Å². The molecule has 1 atom stereocenters. The summed E-state index contributed by atoms with van der Waals surface area (Å²) in [6.07, 6.45) is 9.25. The molecule has 0 spiro atoms. The van der Waals surface area contributed by atoms with Crippen LogP contribution >= 0.6 is 0 Å². The number of amides is 1. The SMILES string of the molecule is COc1ccc(CC(=O)N2CCCC(CC3CC3)(c3noc(-c4ccncc4)n3)C2)cc1. The van der Waals surface area contributed by atoms with Crippen LogP contribution in [0.2, 0.25) is 0 Å². The highest BCUT2D eigenvalue weighted by atomic mass is 16.5. The summed E-state index contributed by atoms with van der Waals surface area (Å²) in [5.41, 5.74) is 1.61. The van der Waals surface area contributed by atoms with Crippen LogP contribution in [-0.4, -0.2) is 46.1 Å². The summed E-state index contributed by atoms with van der Waals surface area (Å²) < 4.78 is 10.9. The number of benzene rings is 1. The minimum Gasteiger partial charge on any atom is -0.497 e. The van der Waals surface area contributed by atoms with Crippen molar-refractivity contribution in [1.82, 2.24) is 20.0 Å². The van der Waals surface area contributed by atoms with E-state index in [1.807, 2.05) is 41.3 Å². The number of pyridine rings is 1. The number of aromatic nitrogens is 3. The molecule has 2 aromatic heterocycles. The van der Waals surface area contributed by atoms with E-state index < -0.39 is 0 Å². The van der Waals surface area contributed by atoms with Gasteiger partial charge in [0.1, 0.15) is 5.75 Å². The maximum Gasteiger partial charge on any atom is 0.258 e. The van der Waals surface area contributed by atoms with Crippen LogP contribution in [0.15, 0.2) is 53.3 Å². The zero-order chi connectivity index (χ0) is 22.0. The summed E-state index contributed by atoms with van der Waals surface area (Å²) in [6.45, 7) is 1.42. The van der Waals surface area contributed by atoms with Gasteiger partial charge in [-0.15, -0.1) is 0 Å². The van der Waals surface area contributed by atoms with E-state index in [1.54, 1.807) is 19.5 Å². The summed E-state index contributed by atoms with van der Waals surface area (Å²) in [5, 5.41) is 4.41. The van der Waals surface area contributed by atoms with Crippen LogP contribution in [0.25, 0.3) is 11.5 Å². The van der Waals surface area contributed by atoms with Gasteiger partial charge in [0.2, 0.25) is 5.91 Å². The van der Waals surface area contributed by atoms with Crippen LogP contribution in [0, 0.1) is 5.92 Å². The number of nitrogens with zero attached hydrogens (tertiary/aromatic N) is 4. The molecule has 3 heterocycles. The molecule has 1 saturated heterocycles. The van der Waals surface area contributed by atoms with Crippen LogP contribution < -0.4 is 4.74 Å². The minimum absolute atomic E-state index is 0.146. The van der Waals surface area contributed by atoms with Crippen molar-refractivity contribution in [3.05, 3.63) is 60.2 Å². The average molecular weight is 433 g/mol. The topological polar surface area (TPSA) is 81.4 Å². The van der Waals surface area contributed by atoms with Crippen molar-refractivity contribution in [3.63, 3.8) is 0 Å². The number of carbonyl (C=O) groups excluding carboxylic acids is 1. The lowest BCUT2D eigenvalue weighted by atomic mass is 9.74. The summed E-state index contributed by atoms with van der Waals surface area (Å²) in [7, 11) is 1.64. The van der Waals surface area contributed by atoms with E-state index in [0.29, 0.717) is 24.8 Å². The van der Waals surface area contributed by atoms with E-state index >= 15 is 0 Å². The van der Waals surface area contributed by atoms with Crippen LogP contribution in [0.1, 0.15) is 43.5 Å². The summed E-state index contributed by atoms with van der Waals surface area (Å²) in [5.74, 6) is 2.88. The fraction of sp³-hybridized carbons (Fsp3) is 0.440. The van der Waals surface area contributed by atoms with E-state index in [4.69, 9.17) is 14.2 Å². The van der Waals surface area contributed by atoms with Gasteiger partial charge in [-0.05, 0) is 55.0 Å². The zero-order valence-electron chi connectivity index (χ0n) is 18.4. The van der Waals surface area contributed by atoms with E-state index in [2.05, 4.69) is 10.1 Å². The lowest BCUT2D eigenvalue weighted by Crippen LogP contribution is -2.49. The first-order valence-corrected chi connectivity index (χ1v) is 11.3. The fourth-order valence-electron chi connectivity index (χ4n) is 4.74. The first kappa shape index (κ1) is 20.7. The quantitative estimate of drug-likeness (QED) is 0.560. The Balaban J connectivity index is 1.36. The van der Waals surface area contributed by atoms with Gasteiger partial charge in [-0.25, -0.2) is 0 Å². The molecule has 1 amide bonds. The van der Waals surface area contributed by atoms with E-state index in [9.17, 15) is 4.79 Å². The van der Waals surface area contributed by atoms with Crippen molar-refractivity contribution < 1.29 is 14.1 Å². The Hall–Kier alpha value is -3.22. The predicted molar refractivity (Wildman–Crippen MR) is 119 cm³/mol. The Kier molecular flexibility index (Phi) is 5.64. The van der Waals surface area contributed by atoms with Gasteiger partial charge < -0.3 is 14.2 Å². The number of rotatable bonds is 7. The average Bonchev–Trinajstić information content (AvgIpc) is 3.50. The Morgan fingerprint density at radius 2 is 1.97 bits per heavy atom. The molecular formula is C25H28N4O3. The van der Waals surface area contributed by atoms with Gasteiger partial charge in [-0.1, -0.05) is 30.1 Å². The highest BCUT2D eigenvalue weighted by Crippen LogP contribution is 2.46. The Bertz CT molecular complexity index is 1060. The van der Waals surface area contributed by atoms with Gasteiger partial charge in [0.25, 0.3) is 5.89 Å². The minimum atomic E-state index is -0.246. The van der Waals surface area contributed by atoms with Crippen molar-refractivity contribution in [3.8, 4) is 17.2 Å². The molecule has 2 aliphatic rings. The third-order valence-corrected chi connectivity index (χ3v) is 6.65. The predicted octanol–water partition coefficient (Wildman–Crippen LogP) is 4.04. The molecule has 0 radical (unpaired) electrons. The van der Waals surface area contributed by atoms with Crippen LogP contribution in [-0.2, 0) is 16.6 Å². The number of methoxy groups -OCH3 is 1. The first-order chi connectivity index (χ1) is 15.6. The highest BCUT2D eigenvalue weighted by Gasteiger charge is 2.45. The molecule has 1 saturated carbocycles. The molecule has 7 nitrogen and oxygen atoms in total. The molecule has 5 rings (SSSR count). The van der Waals surface area contributed by atoms with Crippen LogP contribution in [0.5, 0.6) is 5.75 Å². The molecule has 166 valence electrons. The van der Waals surface area contributed by atoms with E-state index in [0.717, 1.165) is 48.5 Å². The summed E-state index contributed by atoms with van der Waals surface area (Å²) in [6, 6.07) is 11.5. The molecular weight excluding hydrogens is 404 g/mol. The van der Waals surface area contributed by atoms with Gasteiger partial charge >= 0.3 is 0 Å². The van der Waals surface area contributed by atoms with Gasteiger partial charge in [0.05, 0.1) is 18.9 Å². The van der Waals surface area contributed by atoms with E-state index in [-0.39, 0.29) is 11.3 Å². The van der Waals surface area contributed by atoms with E-state index in [1.165, 1.54) is 12.8 Å². The van der Waals surface area contributed by atoms with Crippen molar-refractivity contribution >= 4 is 5.91 Å². The van der Waals surface area contributed by atoms with Gasteiger partial charge in [-0.2, -0.15) is 4.98 Å². The van der Waals surface area contributed by atoms with Crippen LogP contribution in [0.3, 0.4) is 0 Å². The molecule has 1 unspecified atom stereocenters. The largest absolute Gasteiger partial charge is 0.497 e. The molecule has 32 heavy (non-hydrogen) atoms. The second-order valence-electron chi connectivity index (χ2n) is 9.03. The number of likely N-dealkylation sites (tertiary alicyclic amines) is 1. The number of piperidine rings is 1. The molecule has 1 aliphatic carbocycles. The second-order valence-corrected chi connectivity index (χ2v) is 9.03. The summed E-state index contributed by atoms with van der Waals surface area (Å²) in [4.78, 5) is 24.0. The smallest absolute Gasteiger partial charge is 0.258 e.